The first-order valence-corrected chi connectivity index (χ1v) is 16.6. The lowest BCUT2D eigenvalue weighted by Crippen LogP contribution is -2.56. The normalized spacial score (nSPS) is 17.6. The van der Waals surface area contributed by atoms with Crippen molar-refractivity contribution in [3.63, 3.8) is 0 Å². The molecule has 256 valence electrons. The number of benzene rings is 3. The van der Waals surface area contributed by atoms with Crippen molar-refractivity contribution in [2.45, 2.75) is 103 Å². The van der Waals surface area contributed by atoms with Crippen LogP contribution in [-0.2, 0) is 36.7 Å². The molecule has 1 saturated carbocycles. The molecule has 3 aromatic carbocycles. The SMILES string of the molecule is CC1CC1N(C(=O)C(Cc1ccccc1)NC(=O)OC(C)(C)C)C(C(=O)NC(Cc1ccccc1)C(=O)OC(C)(C)C)c1ccccc1. The van der Waals surface area contributed by atoms with Gasteiger partial charge in [-0.05, 0) is 70.6 Å². The lowest BCUT2D eigenvalue weighted by Gasteiger charge is -2.36. The number of nitrogens with one attached hydrogen (secondary N) is 2. The van der Waals surface area contributed by atoms with Gasteiger partial charge in [-0.3, -0.25) is 9.59 Å². The van der Waals surface area contributed by atoms with Gasteiger partial charge in [0, 0.05) is 18.9 Å². The van der Waals surface area contributed by atoms with Gasteiger partial charge < -0.3 is 25.0 Å². The highest BCUT2D eigenvalue weighted by Crippen LogP contribution is 2.41. The number of nitrogens with zero attached hydrogens (tertiary/aromatic N) is 1. The summed E-state index contributed by atoms with van der Waals surface area (Å²) in [4.78, 5) is 57.5. The van der Waals surface area contributed by atoms with E-state index in [1.54, 1.807) is 58.6 Å². The molecule has 1 fully saturated rings. The molecule has 9 heteroatoms. The van der Waals surface area contributed by atoms with Crippen molar-refractivity contribution in [2.24, 2.45) is 5.92 Å². The van der Waals surface area contributed by atoms with Gasteiger partial charge in [0.15, 0.2) is 0 Å². The molecule has 9 nitrogen and oxygen atoms in total. The molecule has 5 unspecified atom stereocenters. The summed E-state index contributed by atoms with van der Waals surface area (Å²) in [6.45, 7) is 12.6. The van der Waals surface area contributed by atoms with Crippen LogP contribution in [0.2, 0.25) is 0 Å². The number of rotatable bonds is 12. The van der Waals surface area contributed by atoms with Gasteiger partial charge >= 0.3 is 12.1 Å². The molecule has 48 heavy (non-hydrogen) atoms. The van der Waals surface area contributed by atoms with Crippen LogP contribution in [0.25, 0.3) is 0 Å². The van der Waals surface area contributed by atoms with E-state index in [-0.39, 0.29) is 24.8 Å². The Bertz CT molecular complexity index is 1530. The third-order valence-electron chi connectivity index (χ3n) is 7.88. The maximum atomic E-state index is 14.8. The zero-order valence-electron chi connectivity index (χ0n) is 29.1. The summed E-state index contributed by atoms with van der Waals surface area (Å²) in [5, 5.41) is 5.76. The number of hydrogen-bond acceptors (Lipinski definition) is 6. The fourth-order valence-electron chi connectivity index (χ4n) is 5.59. The number of amides is 3. The summed E-state index contributed by atoms with van der Waals surface area (Å²) in [6.07, 6.45) is 0.350. The van der Waals surface area contributed by atoms with Crippen LogP contribution in [-0.4, -0.2) is 58.1 Å². The molecule has 5 atom stereocenters. The molecule has 0 aliphatic heterocycles. The minimum atomic E-state index is -1.09. The van der Waals surface area contributed by atoms with Gasteiger partial charge in [-0.15, -0.1) is 0 Å². The molecule has 4 rings (SSSR count). The maximum absolute atomic E-state index is 14.8. The third kappa shape index (κ3) is 10.7. The van der Waals surface area contributed by atoms with Gasteiger partial charge in [0.2, 0.25) is 11.8 Å². The van der Waals surface area contributed by atoms with Gasteiger partial charge in [-0.1, -0.05) is 97.9 Å². The lowest BCUT2D eigenvalue weighted by molar-refractivity contribution is -0.159. The molecule has 0 bridgehead atoms. The Kier molecular flexibility index (Phi) is 11.7. The first-order valence-electron chi connectivity index (χ1n) is 16.6. The van der Waals surface area contributed by atoms with Crippen LogP contribution in [0.1, 0.15) is 77.6 Å². The summed E-state index contributed by atoms with van der Waals surface area (Å²) in [6, 6.07) is 24.4. The van der Waals surface area contributed by atoms with Crippen LogP contribution in [0.4, 0.5) is 4.79 Å². The molecule has 0 aromatic heterocycles. The van der Waals surface area contributed by atoms with Gasteiger partial charge in [-0.2, -0.15) is 0 Å². The average molecular weight is 656 g/mol. The van der Waals surface area contributed by atoms with E-state index in [1.165, 1.54) is 0 Å². The van der Waals surface area contributed by atoms with Crippen LogP contribution in [0.5, 0.6) is 0 Å². The number of ether oxygens (including phenoxy) is 2. The van der Waals surface area contributed by atoms with Crippen molar-refractivity contribution >= 4 is 23.9 Å². The molecule has 3 aromatic rings. The smallest absolute Gasteiger partial charge is 0.408 e. The quantitative estimate of drug-likeness (QED) is 0.226. The lowest BCUT2D eigenvalue weighted by atomic mass is 9.99. The second-order valence-corrected chi connectivity index (χ2v) is 14.5. The van der Waals surface area contributed by atoms with Crippen molar-refractivity contribution in [3.8, 4) is 0 Å². The fourth-order valence-corrected chi connectivity index (χ4v) is 5.59. The first kappa shape index (κ1) is 36.2. The highest BCUT2D eigenvalue weighted by molar-refractivity contribution is 5.94. The number of alkyl carbamates (subject to hydrolysis) is 1. The Labute approximate surface area is 284 Å². The molecular formula is C39H49N3O6. The molecule has 3 amide bonds. The molecular weight excluding hydrogens is 606 g/mol. The second-order valence-electron chi connectivity index (χ2n) is 14.5. The van der Waals surface area contributed by atoms with Gasteiger partial charge in [0.1, 0.15) is 29.3 Å². The van der Waals surface area contributed by atoms with Crippen molar-refractivity contribution in [2.75, 3.05) is 0 Å². The summed E-state index contributed by atoms with van der Waals surface area (Å²) in [5.41, 5.74) is 0.707. The van der Waals surface area contributed by atoms with Crippen molar-refractivity contribution in [1.29, 1.82) is 0 Å². The van der Waals surface area contributed by atoms with Crippen LogP contribution in [0.15, 0.2) is 91.0 Å². The highest BCUT2D eigenvalue weighted by Gasteiger charge is 2.48. The first-order chi connectivity index (χ1) is 22.6. The van der Waals surface area contributed by atoms with E-state index in [0.29, 0.717) is 12.0 Å². The van der Waals surface area contributed by atoms with E-state index in [9.17, 15) is 19.2 Å². The largest absolute Gasteiger partial charge is 0.458 e. The maximum Gasteiger partial charge on any atom is 0.408 e. The summed E-state index contributed by atoms with van der Waals surface area (Å²) in [5.74, 6) is -1.38. The van der Waals surface area contributed by atoms with E-state index in [4.69, 9.17) is 9.47 Å². The predicted octanol–water partition coefficient (Wildman–Crippen LogP) is 6.17. The Morgan fingerprint density at radius 3 is 1.62 bits per heavy atom. The second kappa shape index (κ2) is 15.5. The van der Waals surface area contributed by atoms with E-state index in [0.717, 1.165) is 11.1 Å². The summed E-state index contributed by atoms with van der Waals surface area (Å²) in [7, 11) is 0. The number of hydrogen-bond donors (Lipinski definition) is 2. The van der Waals surface area contributed by atoms with Crippen LogP contribution < -0.4 is 10.6 Å². The molecule has 0 spiro atoms. The number of carbonyl (C=O) groups is 4. The van der Waals surface area contributed by atoms with E-state index < -0.39 is 53.2 Å². The Balaban J connectivity index is 1.73. The van der Waals surface area contributed by atoms with Crippen molar-refractivity contribution in [1.82, 2.24) is 15.5 Å². The van der Waals surface area contributed by atoms with Crippen molar-refractivity contribution in [3.05, 3.63) is 108 Å². The van der Waals surface area contributed by atoms with Gasteiger partial charge in [-0.25, -0.2) is 9.59 Å². The third-order valence-corrected chi connectivity index (χ3v) is 7.88. The molecule has 1 aliphatic carbocycles. The molecule has 2 N–H and O–H groups in total. The van der Waals surface area contributed by atoms with E-state index >= 15 is 0 Å². The number of carbonyl (C=O) groups excluding carboxylic acids is 4. The summed E-state index contributed by atoms with van der Waals surface area (Å²) < 4.78 is 11.3. The zero-order chi connectivity index (χ0) is 35.1. The summed E-state index contributed by atoms with van der Waals surface area (Å²) >= 11 is 0. The minimum Gasteiger partial charge on any atom is -0.458 e. The zero-order valence-corrected chi connectivity index (χ0v) is 29.1. The molecule has 0 radical (unpaired) electrons. The fraction of sp³-hybridized carbons (Fsp3) is 0.436. The van der Waals surface area contributed by atoms with Crippen LogP contribution in [0, 0.1) is 5.92 Å². The van der Waals surface area contributed by atoms with Crippen LogP contribution in [0.3, 0.4) is 0 Å². The standard InChI is InChI=1S/C39H49N3O6/c1-26-23-32(26)42(35(44)30(24-27-17-11-8-12-18-27)41-37(46)48-39(5,6)7)33(29-21-15-10-16-22-29)34(43)40-31(36(45)47-38(2,3)4)25-28-19-13-9-14-20-28/h8-22,26,30-33H,23-25H2,1-7H3,(H,40,43)(H,41,46). The molecule has 1 aliphatic rings. The minimum absolute atomic E-state index is 0.123. The van der Waals surface area contributed by atoms with Crippen LogP contribution >= 0.6 is 0 Å². The van der Waals surface area contributed by atoms with Gasteiger partial charge in [0.25, 0.3) is 0 Å². The van der Waals surface area contributed by atoms with Gasteiger partial charge in [0.05, 0.1) is 0 Å². The predicted molar refractivity (Wildman–Crippen MR) is 185 cm³/mol. The highest BCUT2D eigenvalue weighted by atomic mass is 16.6. The molecule has 0 heterocycles. The molecule has 0 saturated heterocycles. The van der Waals surface area contributed by atoms with Crippen molar-refractivity contribution < 1.29 is 28.7 Å². The van der Waals surface area contributed by atoms with E-state index in [2.05, 4.69) is 10.6 Å². The Morgan fingerprint density at radius 2 is 1.17 bits per heavy atom. The average Bonchev–Trinajstić information content (AvgIpc) is 3.73. The Hall–Kier alpha value is -4.66. The number of esters is 1. The monoisotopic (exact) mass is 655 g/mol. The van der Waals surface area contributed by atoms with E-state index in [1.807, 2.05) is 85.8 Å². The Morgan fingerprint density at radius 1 is 0.708 bits per heavy atom. The topological polar surface area (TPSA) is 114 Å².